The third kappa shape index (κ3) is 4.84. The first-order valence-corrected chi connectivity index (χ1v) is 11.2. The molecule has 1 fully saturated rings. The summed E-state index contributed by atoms with van der Waals surface area (Å²) in [5, 5.41) is 40.8. The summed E-state index contributed by atoms with van der Waals surface area (Å²) in [7, 11) is 0. The lowest BCUT2D eigenvalue weighted by Crippen LogP contribution is -2.55. The Morgan fingerprint density at radius 2 is 1.87 bits per heavy atom. The number of aliphatic hydroxyl groups excluding tert-OH is 3. The van der Waals surface area contributed by atoms with Gasteiger partial charge in [0.05, 0.1) is 27.9 Å². The van der Waals surface area contributed by atoms with E-state index in [4.69, 9.17) is 39.5 Å². The fourth-order valence-electron chi connectivity index (χ4n) is 3.28. The highest BCUT2D eigenvalue weighted by atomic mass is 35.5. The normalized spacial score (nSPS) is 26.2. The number of aromatic nitrogens is 4. The number of ether oxygens (including phenoxy) is 1. The number of rotatable bonds is 5. The third-order valence-electron chi connectivity index (χ3n) is 4.81. The van der Waals surface area contributed by atoms with Crippen LogP contribution in [0.5, 0.6) is 0 Å². The van der Waals surface area contributed by atoms with Gasteiger partial charge in [0.1, 0.15) is 35.5 Å². The second kappa shape index (κ2) is 9.60. The largest absolute Gasteiger partial charge is 0.394 e. The van der Waals surface area contributed by atoms with E-state index in [-0.39, 0.29) is 0 Å². The zero-order valence-electron chi connectivity index (χ0n) is 15.7. The third-order valence-corrected chi connectivity index (χ3v) is 6.88. The van der Waals surface area contributed by atoms with Crippen LogP contribution in [0.3, 0.4) is 0 Å². The van der Waals surface area contributed by atoms with Crippen molar-refractivity contribution in [2.75, 3.05) is 6.61 Å². The number of nitrogens with zero attached hydrogens (tertiary/aromatic N) is 4. The molecule has 0 amide bonds. The molecule has 0 spiro atoms. The number of benzene rings is 1. The lowest BCUT2D eigenvalue weighted by molar-refractivity contribution is -0.178. The summed E-state index contributed by atoms with van der Waals surface area (Å²) in [4.78, 5) is 4.69. The Morgan fingerprint density at radius 3 is 2.58 bits per heavy atom. The molecule has 3 aromatic rings. The van der Waals surface area contributed by atoms with Gasteiger partial charge in [-0.25, -0.2) is 4.68 Å². The molecule has 1 saturated heterocycles. The molecule has 164 valence electrons. The Morgan fingerprint density at radius 1 is 1.06 bits per heavy atom. The van der Waals surface area contributed by atoms with Crippen LogP contribution in [0.25, 0.3) is 11.3 Å². The van der Waals surface area contributed by atoms with Crippen LogP contribution in [-0.4, -0.2) is 65.7 Å². The monoisotopic (exact) mass is 502 g/mol. The number of hydrogen-bond acceptors (Lipinski definition) is 8. The number of halogens is 3. The topological polar surface area (TPSA) is 114 Å². The van der Waals surface area contributed by atoms with Gasteiger partial charge in [0.2, 0.25) is 0 Å². The van der Waals surface area contributed by atoms with Crippen LogP contribution >= 0.6 is 46.6 Å². The fraction of sp³-hybridized carbons (Fsp3) is 0.316. The van der Waals surface area contributed by atoms with Crippen molar-refractivity contribution < 1.29 is 20.1 Å². The van der Waals surface area contributed by atoms with Gasteiger partial charge >= 0.3 is 0 Å². The van der Waals surface area contributed by atoms with Crippen molar-refractivity contribution in [3.63, 3.8) is 0 Å². The van der Waals surface area contributed by atoms with Gasteiger partial charge < -0.3 is 20.1 Å². The lowest BCUT2D eigenvalue weighted by atomic mass is 9.97. The van der Waals surface area contributed by atoms with E-state index in [2.05, 4.69) is 15.3 Å². The number of hydrogen-bond donors (Lipinski definition) is 3. The molecular weight excluding hydrogens is 487 g/mol. The van der Waals surface area contributed by atoms with Gasteiger partial charge in [-0.2, -0.15) is 0 Å². The zero-order chi connectivity index (χ0) is 22.1. The number of pyridine rings is 1. The van der Waals surface area contributed by atoms with E-state index in [1.54, 1.807) is 36.7 Å². The zero-order valence-corrected chi connectivity index (χ0v) is 18.8. The second-order valence-electron chi connectivity index (χ2n) is 6.87. The van der Waals surface area contributed by atoms with Crippen LogP contribution in [0.15, 0.2) is 47.8 Å². The molecule has 0 bridgehead atoms. The molecule has 5 atom stereocenters. The van der Waals surface area contributed by atoms with Crippen molar-refractivity contribution in [1.29, 1.82) is 0 Å². The Hall–Kier alpha value is -1.43. The average Bonchev–Trinajstić information content (AvgIpc) is 3.22. The maximum absolute atomic E-state index is 11.0. The maximum Gasteiger partial charge on any atom is 0.136 e. The van der Waals surface area contributed by atoms with E-state index in [1.807, 2.05) is 0 Å². The lowest BCUT2D eigenvalue weighted by Gasteiger charge is -2.41. The van der Waals surface area contributed by atoms with Crippen LogP contribution in [0.4, 0.5) is 0 Å². The van der Waals surface area contributed by atoms with Crippen molar-refractivity contribution in [2.45, 2.75) is 34.7 Å². The first-order valence-electron chi connectivity index (χ1n) is 9.14. The minimum atomic E-state index is -1.22. The Kier molecular flexibility index (Phi) is 7.04. The van der Waals surface area contributed by atoms with Gasteiger partial charge in [-0.05, 0) is 18.2 Å². The number of thioether (sulfide) groups is 1. The first-order chi connectivity index (χ1) is 14.9. The van der Waals surface area contributed by atoms with Crippen LogP contribution in [-0.2, 0) is 4.74 Å². The van der Waals surface area contributed by atoms with E-state index in [0.717, 1.165) is 0 Å². The van der Waals surface area contributed by atoms with E-state index >= 15 is 0 Å². The molecule has 3 heterocycles. The van der Waals surface area contributed by atoms with Crippen LogP contribution < -0.4 is 0 Å². The van der Waals surface area contributed by atoms with Crippen LogP contribution in [0.2, 0.25) is 15.1 Å². The van der Waals surface area contributed by atoms with Crippen molar-refractivity contribution in [1.82, 2.24) is 20.0 Å². The van der Waals surface area contributed by atoms with Crippen molar-refractivity contribution >= 4 is 46.6 Å². The van der Waals surface area contributed by atoms with Gasteiger partial charge in [0.25, 0.3) is 0 Å². The molecule has 2 aromatic heterocycles. The SMILES string of the molecule is OCC1O[C@H](Sc2cncc(Cl)c2)C(O)[C@@H](n2cc(-c3ccc(Cl)c(Cl)c3)nn2)[C@H]1O. The minimum absolute atomic E-state index is 0.367. The summed E-state index contributed by atoms with van der Waals surface area (Å²) in [6, 6.07) is 5.79. The maximum atomic E-state index is 11.0. The molecule has 4 rings (SSSR count). The highest BCUT2D eigenvalue weighted by Gasteiger charge is 2.46. The van der Waals surface area contributed by atoms with Crippen LogP contribution in [0, 0.1) is 0 Å². The Bertz CT molecular complexity index is 1070. The van der Waals surface area contributed by atoms with Crippen LogP contribution in [0.1, 0.15) is 6.04 Å². The van der Waals surface area contributed by atoms with E-state index in [0.29, 0.717) is 31.2 Å². The second-order valence-corrected chi connectivity index (χ2v) is 9.29. The minimum Gasteiger partial charge on any atom is -0.394 e. The quantitative estimate of drug-likeness (QED) is 0.487. The predicted molar refractivity (Wildman–Crippen MR) is 117 cm³/mol. The van der Waals surface area contributed by atoms with Gasteiger partial charge in [0, 0.05) is 22.9 Å². The summed E-state index contributed by atoms with van der Waals surface area (Å²) in [5.74, 6) is 0. The molecule has 1 aromatic carbocycles. The molecule has 1 aliphatic heterocycles. The first kappa shape index (κ1) is 22.8. The average molecular weight is 504 g/mol. The molecule has 2 unspecified atom stereocenters. The molecule has 31 heavy (non-hydrogen) atoms. The summed E-state index contributed by atoms with van der Waals surface area (Å²) < 4.78 is 7.09. The standard InChI is InChI=1S/C19H17Cl3N4O4S/c20-10-4-11(6-23-5-10)31-19-18(29)16(17(28)15(8-27)30-19)26-7-14(24-25-26)9-1-2-12(21)13(22)3-9/h1-7,15-19,27-29H,8H2/t15?,16-,17-,18?,19+/m0/s1. The smallest absolute Gasteiger partial charge is 0.136 e. The molecule has 0 aliphatic carbocycles. The summed E-state index contributed by atoms with van der Waals surface area (Å²) in [6.45, 7) is -0.441. The van der Waals surface area contributed by atoms with Gasteiger partial charge in [-0.15, -0.1) is 5.10 Å². The Labute approximate surface area is 196 Å². The molecule has 12 heteroatoms. The molecule has 0 radical (unpaired) electrons. The summed E-state index contributed by atoms with van der Waals surface area (Å²) in [6.07, 6.45) is 1.32. The van der Waals surface area contributed by atoms with Gasteiger partial charge in [0.15, 0.2) is 0 Å². The molecule has 1 aliphatic rings. The van der Waals surface area contributed by atoms with E-state index < -0.39 is 36.4 Å². The predicted octanol–water partition coefficient (Wildman–Crippen LogP) is 3.07. The highest BCUT2D eigenvalue weighted by molar-refractivity contribution is 7.99. The molecule has 3 N–H and O–H groups in total. The van der Waals surface area contributed by atoms with E-state index in [9.17, 15) is 15.3 Å². The van der Waals surface area contributed by atoms with Gasteiger partial charge in [-0.1, -0.05) is 57.8 Å². The molecule has 8 nitrogen and oxygen atoms in total. The van der Waals surface area contributed by atoms with Crippen molar-refractivity contribution in [2.24, 2.45) is 0 Å². The highest BCUT2D eigenvalue weighted by Crippen LogP contribution is 2.38. The van der Waals surface area contributed by atoms with Crippen molar-refractivity contribution in [3.8, 4) is 11.3 Å². The summed E-state index contributed by atoms with van der Waals surface area (Å²) >= 11 is 19.2. The number of aliphatic hydroxyl groups is 3. The fourth-order valence-corrected chi connectivity index (χ4v) is 4.90. The van der Waals surface area contributed by atoms with E-state index in [1.165, 1.54) is 22.6 Å². The molecular formula is C19H17Cl3N4O4S. The summed E-state index contributed by atoms with van der Waals surface area (Å²) in [5.41, 5.74) is 0.336. The van der Waals surface area contributed by atoms with Gasteiger partial charge in [-0.3, -0.25) is 4.98 Å². The Balaban J connectivity index is 1.62. The molecule has 0 saturated carbocycles. The van der Waals surface area contributed by atoms with Crippen molar-refractivity contribution in [3.05, 3.63) is 57.9 Å².